The molecule has 0 spiro atoms. The average molecular weight is 612 g/mol. The molecule has 1 aliphatic carbocycles. The third-order valence-electron chi connectivity index (χ3n) is 7.39. The van der Waals surface area contributed by atoms with E-state index in [0.717, 1.165) is 0 Å². The van der Waals surface area contributed by atoms with Gasteiger partial charge in [-0.05, 0) is 82.2 Å². The SMILES string of the molecule is CC[C@@H]1CN(C(=O)[C@@H](C2C=CC(F)=CC2)N(C(=O)CCl)c2ccc(Oc3ccccc3)cc2)CCN1C(=O)OC(C)(C)C. The number of para-hydroxylation sites is 1. The van der Waals surface area contributed by atoms with E-state index in [1.165, 1.54) is 17.1 Å². The molecule has 10 heteroatoms. The minimum absolute atomic E-state index is 0.231. The van der Waals surface area contributed by atoms with Crippen molar-refractivity contribution < 1.29 is 28.2 Å². The second-order valence-electron chi connectivity index (χ2n) is 11.6. The number of amides is 3. The van der Waals surface area contributed by atoms with Gasteiger partial charge in [0.25, 0.3) is 0 Å². The van der Waals surface area contributed by atoms with E-state index in [0.29, 0.717) is 23.6 Å². The highest BCUT2D eigenvalue weighted by atomic mass is 35.5. The van der Waals surface area contributed by atoms with E-state index < -0.39 is 35.4 Å². The smallest absolute Gasteiger partial charge is 0.410 e. The average Bonchev–Trinajstić information content (AvgIpc) is 2.99. The van der Waals surface area contributed by atoms with Crippen LogP contribution in [0, 0.1) is 5.92 Å². The lowest BCUT2D eigenvalue weighted by Gasteiger charge is -2.44. The Labute approximate surface area is 257 Å². The van der Waals surface area contributed by atoms with Gasteiger partial charge in [-0.3, -0.25) is 14.5 Å². The van der Waals surface area contributed by atoms with Crippen LogP contribution in [0.5, 0.6) is 11.5 Å². The van der Waals surface area contributed by atoms with Gasteiger partial charge in [-0.25, -0.2) is 9.18 Å². The van der Waals surface area contributed by atoms with Crippen molar-refractivity contribution in [2.45, 2.75) is 58.2 Å². The van der Waals surface area contributed by atoms with Gasteiger partial charge in [-0.2, -0.15) is 0 Å². The molecule has 0 N–H and O–H groups in total. The minimum atomic E-state index is -0.988. The number of alkyl halides is 1. The molecule has 1 fully saturated rings. The van der Waals surface area contributed by atoms with Crippen molar-refractivity contribution >= 4 is 35.2 Å². The van der Waals surface area contributed by atoms with Gasteiger partial charge in [-0.15, -0.1) is 11.6 Å². The van der Waals surface area contributed by atoms with Crippen LogP contribution in [0.3, 0.4) is 0 Å². The van der Waals surface area contributed by atoms with E-state index in [2.05, 4.69) is 0 Å². The van der Waals surface area contributed by atoms with Gasteiger partial charge >= 0.3 is 6.09 Å². The van der Waals surface area contributed by atoms with Crippen LogP contribution in [0.2, 0.25) is 0 Å². The quantitative estimate of drug-likeness (QED) is 0.310. The van der Waals surface area contributed by atoms with Gasteiger partial charge in [0, 0.05) is 31.2 Å². The molecule has 0 aromatic heterocycles. The van der Waals surface area contributed by atoms with E-state index in [1.807, 2.05) is 58.0 Å². The Bertz CT molecular complexity index is 1340. The zero-order valence-corrected chi connectivity index (χ0v) is 25.8. The number of hydrogen-bond acceptors (Lipinski definition) is 5. The zero-order chi connectivity index (χ0) is 31.1. The van der Waals surface area contributed by atoms with Crippen LogP contribution in [0.4, 0.5) is 14.9 Å². The third-order valence-corrected chi connectivity index (χ3v) is 7.62. The summed E-state index contributed by atoms with van der Waals surface area (Å²) in [4.78, 5) is 45.5. The van der Waals surface area contributed by atoms with Crippen molar-refractivity contribution in [3.63, 3.8) is 0 Å². The number of piperazine rings is 1. The highest BCUT2D eigenvalue weighted by Gasteiger charge is 2.42. The molecule has 4 rings (SSSR count). The number of hydrogen-bond donors (Lipinski definition) is 0. The van der Waals surface area contributed by atoms with Crippen LogP contribution >= 0.6 is 11.6 Å². The van der Waals surface area contributed by atoms with Gasteiger partial charge < -0.3 is 19.3 Å². The number of anilines is 1. The van der Waals surface area contributed by atoms with E-state index in [9.17, 15) is 18.8 Å². The van der Waals surface area contributed by atoms with E-state index in [-0.39, 0.29) is 43.9 Å². The van der Waals surface area contributed by atoms with Crippen molar-refractivity contribution in [2.24, 2.45) is 5.92 Å². The largest absolute Gasteiger partial charge is 0.457 e. The van der Waals surface area contributed by atoms with E-state index in [1.54, 1.807) is 40.1 Å². The molecule has 0 bridgehead atoms. The molecule has 1 saturated heterocycles. The van der Waals surface area contributed by atoms with Crippen LogP contribution in [0.15, 0.2) is 78.7 Å². The molecule has 2 aliphatic rings. The highest BCUT2D eigenvalue weighted by molar-refractivity contribution is 6.29. The Morgan fingerprint density at radius 2 is 1.72 bits per heavy atom. The summed E-state index contributed by atoms with van der Waals surface area (Å²) in [7, 11) is 0. The number of ether oxygens (including phenoxy) is 2. The number of carbonyl (C=O) groups is 3. The Kier molecular flexibility index (Phi) is 10.5. The number of nitrogens with zero attached hydrogens (tertiary/aromatic N) is 3. The summed E-state index contributed by atoms with van der Waals surface area (Å²) in [5.74, 6) is -0.774. The Morgan fingerprint density at radius 3 is 2.30 bits per heavy atom. The Balaban J connectivity index is 1.63. The van der Waals surface area contributed by atoms with Crippen LogP contribution < -0.4 is 9.64 Å². The second kappa shape index (κ2) is 14.1. The maximum atomic E-state index is 14.4. The van der Waals surface area contributed by atoms with Gasteiger partial charge in [0.1, 0.15) is 34.8 Å². The molecule has 0 radical (unpaired) electrons. The van der Waals surface area contributed by atoms with Crippen LogP contribution in [-0.4, -0.2) is 70.9 Å². The summed E-state index contributed by atoms with van der Waals surface area (Å²) in [6, 6.07) is 14.9. The molecule has 0 saturated carbocycles. The van der Waals surface area contributed by atoms with Crippen LogP contribution in [0.25, 0.3) is 0 Å². The van der Waals surface area contributed by atoms with E-state index in [4.69, 9.17) is 21.1 Å². The number of carbonyl (C=O) groups excluding carboxylic acids is 3. The Morgan fingerprint density at radius 1 is 1.05 bits per heavy atom. The molecular weight excluding hydrogens is 573 g/mol. The van der Waals surface area contributed by atoms with Gasteiger partial charge in [-0.1, -0.05) is 31.2 Å². The molecular formula is C33H39ClFN3O5. The first-order valence-electron chi connectivity index (χ1n) is 14.5. The highest BCUT2D eigenvalue weighted by Crippen LogP contribution is 2.32. The van der Waals surface area contributed by atoms with Crippen molar-refractivity contribution in [1.82, 2.24) is 9.80 Å². The summed E-state index contributed by atoms with van der Waals surface area (Å²) >= 11 is 6.10. The van der Waals surface area contributed by atoms with Crippen molar-refractivity contribution in [1.29, 1.82) is 0 Å². The number of allylic oxidation sites excluding steroid dienone is 3. The zero-order valence-electron chi connectivity index (χ0n) is 25.0. The molecule has 43 heavy (non-hydrogen) atoms. The van der Waals surface area contributed by atoms with Gasteiger partial charge in [0.05, 0.1) is 6.04 Å². The van der Waals surface area contributed by atoms with Gasteiger partial charge in [0.2, 0.25) is 11.8 Å². The first-order chi connectivity index (χ1) is 20.5. The molecule has 1 heterocycles. The fraction of sp³-hybridized carbons (Fsp3) is 0.424. The summed E-state index contributed by atoms with van der Waals surface area (Å²) < 4.78 is 25.5. The predicted molar refractivity (Wildman–Crippen MR) is 165 cm³/mol. The van der Waals surface area contributed by atoms with Crippen LogP contribution in [-0.2, 0) is 14.3 Å². The fourth-order valence-electron chi connectivity index (χ4n) is 5.31. The number of rotatable bonds is 8. The first-order valence-corrected chi connectivity index (χ1v) is 15.1. The van der Waals surface area contributed by atoms with E-state index >= 15 is 0 Å². The topological polar surface area (TPSA) is 79.4 Å². The normalized spacial score (nSPS) is 19.3. The van der Waals surface area contributed by atoms with Crippen LogP contribution in [0.1, 0.15) is 40.5 Å². The van der Waals surface area contributed by atoms with Crippen molar-refractivity contribution in [2.75, 3.05) is 30.4 Å². The summed E-state index contributed by atoms with van der Waals surface area (Å²) in [5, 5.41) is 0. The predicted octanol–water partition coefficient (Wildman–Crippen LogP) is 6.71. The second-order valence-corrected chi connectivity index (χ2v) is 11.9. The molecule has 3 atom stereocenters. The molecule has 2 aromatic carbocycles. The maximum absolute atomic E-state index is 14.4. The lowest BCUT2D eigenvalue weighted by atomic mass is 9.89. The fourth-order valence-corrected chi connectivity index (χ4v) is 5.44. The summed E-state index contributed by atoms with van der Waals surface area (Å²) in [6.45, 7) is 8.22. The van der Waals surface area contributed by atoms with Crippen molar-refractivity contribution in [3.8, 4) is 11.5 Å². The lowest BCUT2D eigenvalue weighted by molar-refractivity contribution is -0.138. The third kappa shape index (κ3) is 8.16. The molecule has 3 amide bonds. The molecule has 1 aliphatic heterocycles. The molecule has 2 aromatic rings. The summed E-state index contributed by atoms with van der Waals surface area (Å²) in [6.07, 6.45) is 4.79. The standard InChI is InChI=1S/C33H39ClFN3O5/c1-5-25-22-36(19-20-37(25)32(41)43-33(2,3)4)31(40)30(23-11-13-24(35)14-12-23)38(29(39)21-34)26-15-17-28(18-16-26)42-27-9-7-6-8-10-27/h6-11,13-18,23,25,30H,5,12,19-22H2,1-4H3/t23?,25-,30-/m1/s1. The molecule has 1 unspecified atom stereocenters. The monoisotopic (exact) mass is 611 g/mol. The minimum Gasteiger partial charge on any atom is -0.457 e. The number of halogens is 2. The lowest BCUT2D eigenvalue weighted by Crippen LogP contribution is -2.62. The van der Waals surface area contributed by atoms with Gasteiger partial charge in [0.15, 0.2) is 0 Å². The Hall–Kier alpha value is -3.85. The van der Waals surface area contributed by atoms with Crippen molar-refractivity contribution in [3.05, 3.63) is 78.7 Å². The maximum Gasteiger partial charge on any atom is 0.410 e. The number of benzene rings is 2. The molecule has 8 nitrogen and oxygen atoms in total. The molecule has 230 valence electrons. The summed E-state index contributed by atoms with van der Waals surface area (Å²) in [5.41, 5.74) is -0.180. The first kappa shape index (κ1) is 32.1.